The van der Waals surface area contributed by atoms with Crippen molar-refractivity contribution in [2.75, 3.05) is 51.4 Å². The zero-order valence-electron chi connectivity index (χ0n) is 22.0. The molecule has 11 nitrogen and oxygen atoms in total. The highest BCUT2D eigenvalue weighted by Crippen LogP contribution is 2.34. The summed E-state index contributed by atoms with van der Waals surface area (Å²) in [6, 6.07) is 10.2. The molecule has 39 heavy (non-hydrogen) atoms. The van der Waals surface area contributed by atoms with E-state index in [1.165, 1.54) is 6.21 Å². The molecule has 0 spiro atoms. The van der Waals surface area contributed by atoms with Crippen LogP contribution in [-0.2, 0) is 19.1 Å². The van der Waals surface area contributed by atoms with Crippen molar-refractivity contribution in [3.63, 3.8) is 0 Å². The van der Waals surface area contributed by atoms with E-state index >= 15 is 0 Å². The highest BCUT2D eigenvalue weighted by atomic mass is 127. The van der Waals surface area contributed by atoms with E-state index in [1.54, 1.807) is 41.3 Å². The molecule has 0 aliphatic carbocycles. The number of amides is 3. The molecule has 2 aromatic carbocycles. The summed E-state index contributed by atoms with van der Waals surface area (Å²) < 4.78 is 23.1. The first-order valence-corrected chi connectivity index (χ1v) is 13.8. The van der Waals surface area contributed by atoms with Gasteiger partial charge in [-0.05, 0) is 77.9 Å². The zero-order chi connectivity index (χ0) is 28.0. The second-order valence-corrected chi connectivity index (χ2v) is 9.59. The molecule has 2 N–H and O–H groups in total. The van der Waals surface area contributed by atoms with Gasteiger partial charge in [-0.25, -0.2) is 5.43 Å². The van der Waals surface area contributed by atoms with Crippen molar-refractivity contribution in [1.29, 1.82) is 0 Å². The largest absolute Gasteiger partial charge is 0.494 e. The van der Waals surface area contributed by atoms with Crippen LogP contribution in [0.15, 0.2) is 41.5 Å². The van der Waals surface area contributed by atoms with Crippen molar-refractivity contribution in [2.45, 2.75) is 26.7 Å². The smallest absolute Gasteiger partial charge is 0.329 e. The predicted molar refractivity (Wildman–Crippen MR) is 154 cm³/mol. The number of hydrogen-bond donors (Lipinski definition) is 2. The van der Waals surface area contributed by atoms with Crippen LogP contribution in [0, 0.1) is 3.57 Å². The molecule has 0 unspecified atom stereocenters. The topological polar surface area (TPSA) is 128 Å². The molecule has 1 heterocycles. The second kappa shape index (κ2) is 15.9. The number of carbonyl (C=O) groups excluding carboxylic acids is 3. The fraction of sp³-hybridized carbons (Fsp3) is 0.407. The number of morpholine rings is 1. The number of unbranched alkanes of at least 4 members (excludes halogenated alkanes) is 1. The highest BCUT2D eigenvalue weighted by molar-refractivity contribution is 14.1. The zero-order valence-corrected chi connectivity index (χ0v) is 24.2. The quantitative estimate of drug-likeness (QED) is 0.119. The van der Waals surface area contributed by atoms with Gasteiger partial charge in [0.1, 0.15) is 5.75 Å². The molecule has 3 rings (SSSR count). The van der Waals surface area contributed by atoms with Crippen molar-refractivity contribution < 1.29 is 33.3 Å². The summed E-state index contributed by atoms with van der Waals surface area (Å²) in [4.78, 5) is 38.6. The minimum Gasteiger partial charge on any atom is -0.494 e. The summed E-state index contributed by atoms with van der Waals surface area (Å²) in [5, 5.41) is 6.41. The maximum Gasteiger partial charge on any atom is 0.329 e. The summed E-state index contributed by atoms with van der Waals surface area (Å²) in [5.74, 6) is -0.328. The number of carbonyl (C=O) groups is 3. The van der Waals surface area contributed by atoms with E-state index in [0.29, 0.717) is 71.6 Å². The Morgan fingerprint density at radius 2 is 1.79 bits per heavy atom. The van der Waals surface area contributed by atoms with Gasteiger partial charge in [-0.3, -0.25) is 14.4 Å². The number of halogens is 1. The lowest BCUT2D eigenvalue weighted by atomic mass is 10.2. The van der Waals surface area contributed by atoms with E-state index < -0.39 is 11.8 Å². The molecule has 0 radical (unpaired) electrons. The van der Waals surface area contributed by atoms with Gasteiger partial charge >= 0.3 is 11.8 Å². The van der Waals surface area contributed by atoms with Crippen LogP contribution in [-0.4, -0.2) is 75.0 Å². The Morgan fingerprint density at radius 1 is 1.05 bits per heavy atom. The van der Waals surface area contributed by atoms with Crippen LogP contribution < -0.4 is 25.0 Å². The van der Waals surface area contributed by atoms with Crippen molar-refractivity contribution in [2.24, 2.45) is 5.10 Å². The second-order valence-electron chi connectivity index (χ2n) is 8.42. The Labute approximate surface area is 241 Å². The molecule has 3 amide bonds. The first-order valence-electron chi connectivity index (χ1n) is 12.7. The average molecular weight is 652 g/mol. The third-order valence-electron chi connectivity index (χ3n) is 5.50. The van der Waals surface area contributed by atoms with Crippen molar-refractivity contribution in [1.82, 2.24) is 10.3 Å². The molecular weight excluding hydrogens is 619 g/mol. The van der Waals surface area contributed by atoms with Gasteiger partial charge in [-0.2, -0.15) is 5.10 Å². The molecule has 1 aliphatic heterocycles. The van der Waals surface area contributed by atoms with Crippen LogP contribution in [0.4, 0.5) is 5.69 Å². The van der Waals surface area contributed by atoms with Crippen molar-refractivity contribution in [3.05, 3.63) is 45.5 Å². The van der Waals surface area contributed by atoms with Crippen LogP contribution in [0.2, 0.25) is 0 Å². The molecule has 210 valence electrons. The van der Waals surface area contributed by atoms with E-state index in [1.807, 2.05) is 6.92 Å². The maximum atomic E-state index is 12.5. The number of anilines is 1. The van der Waals surface area contributed by atoms with Gasteiger partial charge in [-0.15, -0.1) is 0 Å². The van der Waals surface area contributed by atoms with Gasteiger partial charge in [-0.1, -0.05) is 13.3 Å². The minimum absolute atomic E-state index is 0.122. The number of benzene rings is 2. The van der Waals surface area contributed by atoms with Gasteiger partial charge < -0.3 is 29.2 Å². The molecule has 0 atom stereocenters. The third kappa shape index (κ3) is 9.70. The third-order valence-corrected chi connectivity index (χ3v) is 6.30. The van der Waals surface area contributed by atoms with Gasteiger partial charge in [0.25, 0.3) is 5.91 Å². The van der Waals surface area contributed by atoms with Crippen LogP contribution in [0.3, 0.4) is 0 Å². The Morgan fingerprint density at radius 3 is 2.49 bits per heavy atom. The summed E-state index contributed by atoms with van der Waals surface area (Å²) >= 11 is 2.08. The number of hydrogen-bond acceptors (Lipinski definition) is 8. The lowest BCUT2D eigenvalue weighted by Crippen LogP contribution is -2.43. The molecule has 0 bridgehead atoms. The summed E-state index contributed by atoms with van der Waals surface area (Å²) in [6.07, 6.45) is 3.39. The number of nitrogens with one attached hydrogen (secondary N) is 2. The number of rotatable bonds is 12. The molecule has 1 fully saturated rings. The summed E-state index contributed by atoms with van der Waals surface area (Å²) in [7, 11) is 0. The average Bonchev–Trinajstić information content (AvgIpc) is 2.94. The molecule has 0 saturated carbocycles. The number of hydrazone groups is 1. The fourth-order valence-electron chi connectivity index (χ4n) is 3.48. The van der Waals surface area contributed by atoms with Gasteiger partial charge in [0, 0.05) is 18.8 Å². The lowest BCUT2D eigenvalue weighted by Gasteiger charge is -2.27. The Bertz CT molecular complexity index is 1150. The molecule has 0 aromatic heterocycles. The lowest BCUT2D eigenvalue weighted by molar-refractivity contribution is -0.137. The first kappa shape index (κ1) is 30.2. The van der Waals surface area contributed by atoms with E-state index in [9.17, 15) is 14.4 Å². The summed E-state index contributed by atoms with van der Waals surface area (Å²) in [5.41, 5.74) is 3.28. The van der Waals surface area contributed by atoms with Crippen LogP contribution >= 0.6 is 22.6 Å². The molecule has 12 heteroatoms. The van der Waals surface area contributed by atoms with Crippen LogP contribution in [0.1, 0.15) is 32.3 Å². The van der Waals surface area contributed by atoms with E-state index in [0.717, 1.165) is 12.8 Å². The van der Waals surface area contributed by atoms with Gasteiger partial charge in [0.15, 0.2) is 18.1 Å². The Kier molecular flexibility index (Phi) is 12.3. The van der Waals surface area contributed by atoms with E-state index in [4.69, 9.17) is 18.9 Å². The first-order chi connectivity index (χ1) is 18.9. The van der Waals surface area contributed by atoms with E-state index in [2.05, 4.69) is 45.4 Å². The standard InChI is InChI=1S/C27H33IN4O7/c1-3-5-12-38-21-8-6-20(7-9-21)30-26(34)27(35)31-29-17-19-15-22(28)25(23(16-19)37-4-2)39-18-24(33)32-10-13-36-14-11-32/h6-9,15-17H,3-5,10-14,18H2,1-2H3,(H,30,34)(H,31,35)/b29-17-. The van der Waals surface area contributed by atoms with Gasteiger partial charge in [0.05, 0.1) is 36.2 Å². The monoisotopic (exact) mass is 652 g/mol. The SMILES string of the molecule is CCCCOc1ccc(NC(=O)C(=O)N/N=C\c2cc(I)c(OCC(=O)N3CCOCC3)c(OCC)c2)cc1. The Hall–Kier alpha value is -3.39. The molecular formula is C27H33IN4O7. The maximum absolute atomic E-state index is 12.5. The van der Waals surface area contributed by atoms with Crippen LogP contribution in [0.5, 0.6) is 17.2 Å². The Balaban J connectivity index is 1.54. The number of ether oxygens (including phenoxy) is 4. The van der Waals surface area contributed by atoms with Gasteiger partial charge in [0.2, 0.25) is 0 Å². The van der Waals surface area contributed by atoms with Crippen molar-refractivity contribution in [3.8, 4) is 17.2 Å². The predicted octanol–water partition coefficient (Wildman–Crippen LogP) is 3.20. The molecule has 1 aliphatic rings. The van der Waals surface area contributed by atoms with Crippen LogP contribution in [0.25, 0.3) is 0 Å². The van der Waals surface area contributed by atoms with Crippen molar-refractivity contribution >= 4 is 52.2 Å². The molecule has 2 aromatic rings. The fourth-order valence-corrected chi connectivity index (χ4v) is 4.26. The van der Waals surface area contributed by atoms with E-state index in [-0.39, 0.29) is 12.5 Å². The summed E-state index contributed by atoms with van der Waals surface area (Å²) in [6.45, 7) is 6.91. The highest BCUT2D eigenvalue weighted by Gasteiger charge is 2.19. The normalized spacial score (nSPS) is 13.2. The minimum atomic E-state index is -0.921. The number of nitrogens with zero attached hydrogens (tertiary/aromatic N) is 2. The molecule has 1 saturated heterocycles.